The molecule has 0 bridgehead atoms. The molecule has 2 nitrogen and oxygen atoms in total. The molecule has 9 heavy (non-hydrogen) atoms. The van der Waals surface area contributed by atoms with E-state index in [4.69, 9.17) is 0 Å². The van der Waals surface area contributed by atoms with E-state index >= 15 is 0 Å². The highest BCUT2D eigenvalue weighted by atomic mass is 15.1. The van der Waals surface area contributed by atoms with Gasteiger partial charge in [-0.2, -0.15) is 0 Å². The van der Waals surface area contributed by atoms with Gasteiger partial charge in [0.05, 0.1) is 0 Å². The Morgan fingerprint density at radius 1 is 1.44 bits per heavy atom. The van der Waals surface area contributed by atoms with Crippen LogP contribution >= 0.6 is 0 Å². The SMILES string of the molecule is CCC(CNC)N(C)C. The van der Waals surface area contributed by atoms with E-state index in [1.807, 2.05) is 7.05 Å². The van der Waals surface area contributed by atoms with Gasteiger partial charge in [0.1, 0.15) is 0 Å². The zero-order valence-electron chi connectivity index (χ0n) is 6.94. The summed E-state index contributed by atoms with van der Waals surface area (Å²) in [5.41, 5.74) is 0. The molecule has 0 radical (unpaired) electrons. The van der Waals surface area contributed by atoms with Crippen LogP contribution in [0.4, 0.5) is 0 Å². The van der Waals surface area contributed by atoms with Crippen molar-refractivity contribution in [2.45, 2.75) is 19.4 Å². The molecule has 1 N–H and O–H groups in total. The third-order valence-corrected chi connectivity index (χ3v) is 1.64. The van der Waals surface area contributed by atoms with Crippen LogP contribution in [-0.4, -0.2) is 38.6 Å². The molecule has 0 spiro atoms. The molecule has 0 aromatic carbocycles. The van der Waals surface area contributed by atoms with Crippen molar-refractivity contribution in [1.82, 2.24) is 10.2 Å². The van der Waals surface area contributed by atoms with Gasteiger partial charge in [-0.25, -0.2) is 0 Å². The Morgan fingerprint density at radius 3 is 2.11 bits per heavy atom. The number of likely N-dealkylation sites (N-methyl/N-ethyl adjacent to an activating group) is 2. The summed E-state index contributed by atoms with van der Waals surface area (Å²) in [6.45, 7) is 3.30. The van der Waals surface area contributed by atoms with Crippen molar-refractivity contribution in [3.05, 3.63) is 0 Å². The predicted octanol–water partition coefficient (Wildman–Crippen LogP) is 0.546. The Morgan fingerprint density at radius 2 is 2.00 bits per heavy atom. The lowest BCUT2D eigenvalue weighted by atomic mass is 10.2. The summed E-state index contributed by atoms with van der Waals surface area (Å²) < 4.78 is 0. The highest BCUT2D eigenvalue weighted by molar-refractivity contribution is 4.64. The molecule has 0 aliphatic rings. The maximum absolute atomic E-state index is 3.16. The Kier molecular flexibility index (Phi) is 4.72. The van der Waals surface area contributed by atoms with Crippen LogP contribution in [0, 0.1) is 0 Å². The fraction of sp³-hybridized carbons (Fsp3) is 1.00. The maximum atomic E-state index is 3.16. The molecule has 0 saturated heterocycles. The number of nitrogens with zero attached hydrogens (tertiary/aromatic N) is 1. The summed E-state index contributed by atoms with van der Waals surface area (Å²) >= 11 is 0. The first-order valence-electron chi connectivity index (χ1n) is 3.53. The fourth-order valence-corrected chi connectivity index (χ4v) is 0.928. The Labute approximate surface area is 58.2 Å². The van der Waals surface area contributed by atoms with Gasteiger partial charge in [0.25, 0.3) is 0 Å². The largest absolute Gasteiger partial charge is 0.318 e. The van der Waals surface area contributed by atoms with E-state index in [0.29, 0.717) is 6.04 Å². The van der Waals surface area contributed by atoms with Gasteiger partial charge in [0.15, 0.2) is 0 Å². The maximum Gasteiger partial charge on any atom is 0.0211 e. The minimum absolute atomic E-state index is 0.690. The molecule has 0 amide bonds. The lowest BCUT2D eigenvalue weighted by Gasteiger charge is -2.21. The molecule has 56 valence electrons. The van der Waals surface area contributed by atoms with Crippen molar-refractivity contribution < 1.29 is 0 Å². The molecule has 0 aromatic rings. The summed E-state index contributed by atoms with van der Waals surface area (Å²) in [5.74, 6) is 0. The van der Waals surface area contributed by atoms with Crippen LogP contribution in [0.5, 0.6) is 0 Å². The minimum Gasteiger partial charge on any atom is -0.318 e. The average molecular weight is 130 g/mol. The molecule has 0 aliphatic carbocycles. The van der Waals surface area contributed by atoms with E-state index in [1.165, 1.54) is 6.42 Å². The number of nitrogens with one attached hydrogen (secondary N) is 1. The molecule has 0 saturated carbocycles. The van der Waals surface area contributed by atoms with Crippen molar-refractivity contribution in [3.63, 3.8) is 0 Å². The number of hydrogen-bond acceptors (Lipinski definition) is 2. The van der Waals surface area contributed by atoms with Crippen LogP contribution in [0.3, 0.4) is 0 Å². The quantitative estimate of drug-likeness (QED) is 0.597. The molecular weight excluding hydrogens is 112 g/mol. The van der Waals surface area contributed by atoms with Crippen LogP contribution in [0.2, 0.25) is 0 Å². The molecule has 0 aromatic heterocycles. The minimum atomic E-state index is 0.690. The molecule has 1 atom stereocenters. The van der Waals surface area contributed by atoms with Crippen molar-refractivity contribution in [3.8, 4) is 0 Å². The molecule has 0 heterocycles. The third kappa shape index (κ3) is 3.49. The third-order valence-electron chi connectivity index (χ3n) is 1.64. The van der Waals surface area contributed by atoms with Crippen molar-refractivity contribution in [2.24, 2.45) is 0 Å². The van der Waals surface area contributed by atoms with Crippen LogP contribution in [0.25, 0.3) is 0 Å². The van der Waals surface area contributed by atoms with Crippen molar-refractivity contribution in [1.29, 1.82) is 0 Å². The summed E-state index contributed by atoms with van der Waals surface area (Å²) in [5, 5.41) is 3.16. The van der Waals surface area contributed by atoms with Crippen molar-refractivity contribution in [2.75, 3.05) is 27.7 Å². The summed E-state index contributed by atoms with van der Waals surface area (Å²) in [4.78, 5) is 2.25. The molecule has 0 fully saturated rings. The number of rotatable bonds is 4. The zero-order chi connectivity index (χ0) is 7.28. The molecule has 0 rings (SSSR count). The van der Waals surface area contributed by atoms with E-state index < -0.39 is 0 Å². The first-order valence-corrected chi connectivity index (χ1v) is 3.53. The van der Waals surface area contributed by atoms with Gasteiger partial charge in [0.2, 0.25) is 0 Å². The smallest absolute Gasteiger partial charge is 0.0211 e. The highest BCUT2D eigenvalue weighted by Gasteiger charge is 2.05. The number of hydrogen-bond donors (Lipinski definition) is 1. The second-order valence-corrected chi connectivity index (χ2v) is 2.58. The lowest BCUT2D eigenvalue weighted by molar-refractivity contribution is 0.281. The summed E-state index contributed by atoms with van der Waals surface area (Å²) in [6.07, 6.45) is 1.22. The van der Waals surface area contributed by atoms with Gasteiger partial charge >= 0.3 is 0 Å². The monoisotopic (exact) mass is 130 g/mol. The average Bonchev–Trinajstić information content (AvgIpc) is 1.82. The second kappa shape index (κ2) is 4.77. The van der Waals surface area contributed by atoms with Crippen LogP contribution in [0.1, 0.15) is 13.3 Å². The van der Waals surface area contributed by atoms with E-state index in [-0.39, 0.29) is 0 Å². The first kappa shape index (κ1) is 8.92. The Balaban J connectivity index is 3.41. The normalized spacial score (nSPS) is 14.3. The topological polar surface area (TPSA) is 15.3 Å². The molecular formula is C7H18N2. The van der Waals surface area contributed by atoms with Gasteiger partial charge < -0.3 is 10.2 Å². The fourth-order valence-electron chi connectivity index (χ4n) is 0.928. The van der Waals surface area contributed by atoms with Crippen LogP contribution in [-0.2, 0) is 0 Å². The van der Waals surface area contributed by atoms with Gasteiger partial charge in [-0.3, -0.25) is 0 Å². The van der Waals surface area contributed by atoms with Gasteiger partial charge in [0, 0.05) is 12.6 Å². The zero-order valence-corrected chi connectivity index (χ0v) is 6.94. The molecule has 0 aliphatic heterocycles. The van der Waals surface area contributed by atoms with Crippen LogP contribution in [0.15, 0.2) is 0 Å². The van der Waals surface area contributed by atoms with Crippen molar-refractivity contribution >= 4 is 0 Å². The second-order valence-electron chi connectivity index (χ2n) is 2.58. The van der Waals surface area contributed by atoms with Crippen LogP contribution < -0.4 is 5.32 Å². The Hall–Kier alpha value is -0.0800. The van der Waals surface area contributed by atoms with E-state index in [0.717, 1.165) is 6.54 Å². The molecule has 2 heteroatoms. The summed E-state index contributed by atoms with van der Waals surface area (Å²) in [7, 11) is 6.23. The van der Waals surface area contributed by atoms with E-state index in [9.17, 15) is 0 Å². The van der Waals surface area contributed by atoms with Gasteiger partial charge in [-0.1, -0.05) is 6.92 Å². The first-order chi connectivity index (χ1) is 4.22. The van der Waals surface area contributed by atoms with E-state index in [2.05, 4.69) is 31.2 Å². The van der Waals surface area contributed by atoms with Gasteiger partial charge in [-0.15, -0.1) is 0 Å². The predicted molar refractivity (Wildman–Crippen MR) is 41.7 cm³/mol. The highest BCUT2D eigenvalue weighted by Crippen LogP contribution is 1.95. The van der Waals surface area contributed by atoms with E-state index in [1.54, 1.807) is 0 Å². The van der Waals surface area contributed by atoms with Gasteiger partial charge in [-0.05, 0) is 27.6 Å². The molecule has 1 unspecified atom stereocenters. The Bertz CT molecular complexity index is 61.9. The lowest BCUT2D eigenvalue weighted by Crippen LogP contribution is -2.35. The summed E-state index contributed by atoms with van der Waals surface area (Å²) in [6, 6.07) is 0.690. The standard InChI is InChI=1S/C7H18N2/c1-5-7(6-8-2)9(3)4/h7-8H,5-6H2,1-4H3.